The molecule has 6 nitrogen and oxygen atoms in total. The fourth-order valence-electron chi connectivity index (χ4n) is 2.39. The van der Waals surface area contributed by atoms with Crippen LogP contribution in [0.15, 0.2) is 30.3 Å². The molecule has 0 amide bonds. The number of ether oxygens (including phenoxy) is 3. The first-order chi connectivity index (χ1) is 9.16. The molecule has 2 heterocycles. The molecule has 0 radical (unpaired) electrons. The van der Waals surface area contributed by atoms with Crippen LogP contribution in [0, 0.1) is 0 Å². The van der Waals surface area contributed by atoms with Crippen LogP contribution in [0.25, 0.3) is 0 Å². The van der Waals surface area contributed by atoms with Crippen LogP contribution < -0.4 is 0 Å². The second-order valence-corrected chi connectivity index (χ2v) is 4.74. The molecule has 6 heteroatoms. The molecule has 19 heavy (non-hydrogen) atoms. The lowest BCUT2D eigenvalue weighted by Gasteiger charge is -2.34. The molecule has 2 aliphatic heterocycles. The fraction of sp³-hybridized carbons (Fsp3) is 0.538. The van der Waals surface area contributed by atoms with Gasteiger partial charge >= 0.3 is 0 Å². The average Bonchev–Trinajstić information content (AvgIpc) is 2.62. The van der Waals surface area contributed by atoms with Crippen molar-refractivity contribution in [2.24, 2.45) is 0 Å². The van der Waals surface area contributed by atoms with E-state index in [9.17, 15) is 15.3 Å². The molecule has 0 aromatic heterocycles. The molecule has 1 aromatic carbocycles. The molecule has 6 atom stereocenters. The zero-order valence-corrected chi connectivity index (χ0v) is 10.1. The van der Waals surface area contributed by atoms with E-state index in [0.29, 0.717) is 0 Å². The van der Waals surface area contributed by atoms with Crippen molar-refractivity contribution in [3.05, 3.63) is 35.9 Å². The summed E-state index contributed by atoms with van der Waals surface area (Å²) in [5.74, 6) is 0. The molecular formula is C13H16O6. The number of aliphatic hydroxyl groups is 3. The Morgan fingerprint density at radius 2 is 1.68 bits per heavy atom. The highest BCUT2D eigenvalue weighted by Crippen LogP contribution is 2.33. The molecule has 0 spiro atoms. The summed E-state index contributed by atoms with van der Waals surface area (Å²) < 4.78 is 15.9. The van der Waals surface area contributed by atoms with Gasteiger partial charge in [-0.2, -0.15) is 0 Å². The first kappa shape index (κ1) is 13.0. The summed E-state index contributed by atoms with van der Waals surface area (Å²) in [5.41, 5.74) is 0.943. The summed E-state index contributed by atoms with van der Waals surface area (Å²) in [6.07, 6.45) is -6.09. The highest BCUT2D eigenvalue weighted by Gasteiger charge is 2.55. The highest BCUT2D eigenvalue weighted by molar-refractivity contribution is 5.13. The van der Waals surface area contributed by atoms with Gasteiger partial charge in [0.25, 0.3) is 0 Å². The van der Waals surface area contributed by atoms with E-state index < -0.39 is 37.0 Å². The minimum absolute atomic E-state index is 0.272. The van der Waals surface area contributed by atoms with Crippen molar-refractivity contribution in [1.29, 1.82) is 0 Å². The summed E-state index contributed by atoms with van der Waals surface area (Å²) in [6.45, 7) is 0.272. The van der Waals surface area contributed by atoms with Gasteiger partial charge < -0.3 is 29.5 Å². The lowest BCUT2D eigenvalue weighted by Crippen LogP contribution is -2.54. The van der Waals surface area contributed by atoms with Crippen molar-refractivity contribution in [1.82, 2.24) is 0 Å². The van der Waals surface area contributed by atoms with Crippen molar-refractivity contribution >= 4 is 0 Å². The van der Waals surface area contributed by atoms with E-state index in [0.717, 1.165) is 5.56 Å². The third-order valence-corrected chi connectivity index (χ3v) is 3.41. The highest BCUT2D eigenvalue weighted by atomic mass is 16.7. The molecule has 0 aliphatic carbocycles. The molecule has 2 saturated heterocycles. The van der Waals surface area contributed by atoms with Crippen LogP contribution in [0.3, 0.4) is 0 Å². The second-order valence-electron chi connectivity index (χ2n) is 4.74. The number of hydrogen-bond acceptors (Lipinski definition) is 6. The third kappa shape index (κ3) is 2.38. The van der Waals surface area contributed by atoms with Crippen LogP contribution in [0.1, 0.15) is 5.56 Å². The van der Waals surface area contributed by atoms with Gasteiger partial charge in [-0.25, -0.2) is 0 Å². The number of fused-ring (bicyclic) bond motifs is 2. The van der Waals surface area contributed by atoms with Crippen molar-refractivity contribution in [3.63, 3.8) is 0 Å². The van der Waals surface area contributed by atoms with E-state index in [-0.39, 0.29) is 6.61 Å². The van der Waals surface area contributed by atoms with Crippen molar-refractivity contribution in [3.8, 4) is 0 Å². The first-order valence-corrected chi connectivity index (χ1v) is 6.17. The van der Waals surface area contributed by atoms with Crippen molar-refractivity contribution in [2.75, 3.05) is 0 Å². The summed E-state index contributed by atoms with van der Waals surface area (Å²) in [5, 5.41) is 29.2. The van der Waals surface area contributed by atoms with Gasteiger partial charge in [0.15, 0.2) is 12.6 Å². The Morgan fingerprint density at radius 3 is 2.42 bits per heavy atom. The molecule has 3 N–H and O–H groups in total. The van der Waals surface area contributed by atoms with Gasteiger partial charge in [0.2, 0.25) is 0 Å². The zero-order valence-electron chi connectivity index (χ0n) is 10.1. The van der Waals surface area contributed by atoms with Gasteiger partial charge in [0.1, 0.15) is 24.4 Å². The molecule has 0 saturated carbocycles. The van der Waals surface area contributed by atoms with Crippen LogP contribution in [0.2, 0.25) is 0 Å². The Bertz CT molecular complexity index is 424. The molecule has 1 aromatic rings. The molecule has 2 bridgehead atoms. The summed E-state index contributed by atoms with van der Waals surface area (Å²) in [4.78, 5) is 0. The first-order valence-electron chi connectivity index (χ1n) is 6.17. The van der Waals surface area contributed by atoms with Gasteiger partial charge in [0, 0.05) is 0 Å². The number of hydrogen-bond donors (Lipinski definition) is 3. The maximum absolute atomic E-state index is 9.98. The average molecular weight is 268 g/mol. The van der Waals surface area contributed by atoms with E-state index in [2.05, 4.69) is 0 Å². The Kier molecular flexibility index (Phi) is 3.53. The van der Waals surface area contributed by atoms with Gasteiger partial charge in [-0.3, -0.25) is 0 Å². The number of benzene rings is 1. The summed E-state index contributed by atoms with van der Waals surface area (Å²) >= 11 is 0. The van der Waals surface area contributed by atoms with E-state index in [1.807, 2.05) is 30.3 Å². The Labute approximate surface area is 110 Å². The molecule has 1 unspecified atom stereocenters. The van der Waals surface area contributed by atoms with Crippen LogP contribution in [0.4, 0.5) is 0 Å². The normalized spacial score (nSPS) is 41.4. The molecule has 104 valence electrons. The van der Waals surface area contributed by atoms with Crippen LogP contribution in [-0.4, -0.2) is 52.3 Å². The van der Waals surface area contributed by atoms with Crippen LogP contribution in [0.5, 0.6) is 0 Å². The third-order valence-electron chi connectivity index (χ3n) is 3.41. The maximum atomic E-state index is 9.98. The molecular weight excluding hydrogens is 252 g/mol. The minimum Gasteiger partial charge on any atom is -0.387 e. The van der Waals surface area contributed by atoms with E-state index >= 15 is 0 Å². The maximum Gasteiger partial charge on any atom is 0.187 e. The largest absolute Gasteiger partial charge is 0.387 e. The summed E-state index contributed by atoms with van der Waals surface area (Å²) in [7, 11) is 0. The predicted octanol–water partition coefficient (Wildman–Crippen LogP) is -0.633. The van der Waals surface area contributed by atoms with Gasteiger partial charge in [-0.1, -0.05) is 30.3 Å². The lowest BCUT2D eigenvalue weighted by molar-refractivity contribution is -0.269. The Balaban J connectivity index is 1.63. The second kappa shape index (κ2) is 5.16. The van der Waals surface area contributed by atoms with Gasteiger partial charge in [0.05, 0.1) is 6.61 Å². The standard InChI is InChI=1S/C13H16O6/c14-8-10-9(15)13(19-11(8)12(16)18-10)17-6-7-4-2-1-3-5-7/h1-5,8-16H,6H2/t8-,9-,10-,11-,12?,13-/m0/s1. The lowest BCUT2D eigenvalue weighted by atomic mass is 10.0. The van der Waals surface area contributed by atoms with Crippen molar-refractivity contribution in [2.45, 2.75) is 43.6 Å². The van der Waals surface area contributed by atoms with Crippen LogP contribution >= 0.6 is 0 Å². The molecule has 2 fully saturated rings. The smallest absolute Gasteiger partial charge is 0.187 e. The van der Waals surface area contributed by atoms with Gasteiger partial charge in [-0.15, -0.1) is 0 Å². The van der Waals surface area contributed by atoms with Crippen LogP contribution in [-0.2, 0) is 20.8 Å². The SMILES string of the molecule is OC1O[C@@H]2[C@H](O)[C@@H](OCc3ccccc3)O[C@H]1[C@H]2O. The minimum atomic E-state index is -1.24. The Hall–Kier alpha value is -1.02. The monoisotopic (exact) mass is 268 g/mol. The van der Waals surface area contributed by atoms with E-state index in [4.69, 9.17) is 14.2 Å². The molecule has 2 aliphatic rings. The zero-order chi connectivity index (χ0) is 13.4. The Morgan fingerprint density at radius 1 is 0.947 bits per heavy atom. The number of aliphatic hydroxyl groups excluding tert-OH is 3. The van der Waals surface area contributed by atoms with Gasteiger partial charge in [-0.05, 0) is 5.56 Å². The summed E-state index contributed by atoms with van der Waals surface area (Å²) in [6, 6.07) is 9.46. The molecule has 3 rings (SSSR count). The van der Waals surface area contributed by atoms with Crippen molar-refractivity contribution < 1.29 is 29.5 Å². The topological polar surface area (TPSA) is 88.4 Å². The quantitative estimate of drug-likeness (QED) is 0.676. The van der Waals surface area contributed by atoms with E-state index in [1.165, 1.54) is 0 Å². The van der Waals surface area contributed by atoms with E-state index in [1.54, 1.807) is 0 Å². The predicted molar refractivity (Wildman–Crippen MR) is 62.8 cm³/mol. The fourth-order valence-corrected chi connectivity index (χ4v) is 2.39. The number of rotatable bonds is 3.